The smallest absolute Gasteiger partial charge is 0.264 e. The summed E-state index contributed by atoms with van der Waals surface area (Å²) < 4.78 is 13.4. The van der Waals surface area contributed by atoms with Crippen LogP contribution in [0.2, 0.25) is 0 Å². The molecule has 5 rings (SSSR count). The molecule has 4 aromatic rings. The third kappa shape index (κ3) is 6.05. The summed E-state index contributed by atoms with van der Waals surface area (Å²) in [6.07, 6.45) is 4.63. The van der Waals surface area contributed by atoms with Gasteiger partial charge in [0.05, 0.1) is 23.6 Å². The number of benzene rings is 2. The number of hydrogen-bond acceptors (Lipinski definition) is 8. The van der Waals surface area contributed by atoms with E-state index in [1.165, 1.54) is 6.33 Å². The third-order valence-electron chi connectivity index (χ3n) is 7.05. The molecule has 1 aliphatic heterocycles. The summed E-state index contributed by atoms with van der Waals surface area (Å²) in [4.78, 5) is 23.9. The number of aromatic nitrogens is 4. The van der Waals surface area contributed by atoms with Crippen molar-refractivity contribution in [2.45, 2.75) is 51.8 Å². The molecular formula is C31H33N7O3. The molecule has 3 heterocycles. The molecule has 0 saturated carbocycles. The van der Waals surface area contributed by atoms with E-state index in [1.807, 2.05) is 75.4 Å². The maximum atomic E-state index is 13.5. The Hall–Kier alpha value is -4.75. The number of nitriles is 1. The van der Waals surface area contributed by atoms with Crippen LogP contribution in [0.5, 0.6) is 11.5 Å². The van der Waals surface area contributed by atoms with Crippen LogP contribution in [-0.4, -0.2) is 55.4 Å². The summed E-state index contributed by atoms with van der Waals surface area (Å²) in [6.45, 7) is 7.00. The van der Waals surface area contributed by atoms with E-state index in [0.717, 1.165) is 24.2 Å². The summed E-state index contributed by atoms with van der Waals surface area (Å²) in [5, 5.41) is 15.3. The van der Waals surface area contributed by atoms with E-state index in [4.69, 9.17) is 20.3 Å². The van der Waals surface area contributed by atoms with Crippen LogP contribution in [0.1, 0.15) is 33.6 Å². The highest BCUT2D eigenvalue weighted by Gasteiger charge is 2.33. The second kappa shape index (κ2) is 11.8. The largest absolute Gasteiger partial charge is 0.457 e. The van der Waals surface area contributed by atoms with Gasteiger partial charge in [0.15, 0.2) is 5.65 Å². The first kappa shape index (κ1) is 27.8. The number of carbonyl (C=O) groups excluding carboxylic acids is 1. The van der Waals surface area contributed by atoms with E-state index < -0.39 is 5.60 Å². The SMILES string of the molecule is CCOC(C)(C)/C=C(\C#N)C(=O)N1CCC[C@H]1Cn1nc(-c2ccc(Oc3ccccc3)cc2)c2c(N)ncnc21. The van der Waals surface area contributed by atoms with Gasteiger partial charge in [-0.3, -0.25) is 4.79 Å². The Bertz CT molecular complexity index is 1600. The molecular weight excluding hydrogens is 518 g/mol. The molecule has 210 valence electrons. The van der Waals surface area contributed by atoms with E-state index in [1.54, 1.807) is 15.7 Å². The van der Waals surface area contributed by atoms with Gasteiger partial charge in [-0.15, -0.1) is 0 Å². The zero-order valence-electron chi connectivity index (χ0n) is 23.4. The van der Waals surface area contributed by atoms with Crippen molar-refractivity contribution >= 4 is 22.8 Å². The molecule has 1 fully saturated rings. The molecule has 1 amide bonds. The van der Waals surface area contributed by atoms with E-state index in [9.17, 15) is 10.1 Å². The number of rotatable bonds is 9. The molecule has 0 bridgehead atoms. The highest BCUT2D eigenvalue weighted by Crippen LogP contribution is 2.33. The van der Waals surface area contributed by atoms with Gasteiger partial charge in [-0.2, -0.15) is 10.4 Å². The maximum absolute atomic E-state index is 13.5. The molecule has 0 aliphatic carbocycles. The number of carbonyl (C=O) groups is 1. The molecule has 2 aromatic heterocycles. The van der Waals surface area contributed by atoms with Gasteiger partial charge >= 0.3 is 0 Å². The van der Waals surface area contributed by atoms with Crippen molar-refractivity contribution in [1.82, 2.24) is 24.6 Å². The monoisotopic (exact) mass is 551 g/mol. The minimum atomic E-state index is -0.728. The first-order valence-corrected chi connectivity index (χ1v) is 13.7. The topological polar surface area (TPSA) is 132 Å². The number of likely N-dealkylation sites (tertiary alicyclic amines) is 1. The number of anilines is 1. The first-order chi connectivity index (χ1) is 19.8. The van der Waals surface area contributed by atoms with Crippen molar-refractivity contribution in [3.63, 3.8) is 0 Å². The number of amides is 1. The van der Waals surface area contributed by atoms with Crippen LogP contribution in [0.3, 0.4) is 0 Å². The van der Waals surface area contributed by atoms with Gasteiger partial charge in [-0.05, 0) is 76.1 Å². The molecule has 1 saturated heterocycles. The fourth-order valence-electron chi connectivity index (χ4n) is 5.22. The number of ether oxygens (including phenoxy) is 2. The lowest BCUT2D eigenvalue weighted by Gasteiger charge is -2.26. The summed E-state index contributed by atoms with van der Waals surface area (Å²) in [5.41, 5.74) is 7.74. The molecule has 0 unspecified atom stereocenters. The summed E-state index contributed by atoms with van der Waals surface area (Å²) >= 11 is 0. The normalized spacial score (nSPS) is 15.7. The Balaban J connectivity index is 1.42. The predicted octanol–water partition coefficient (Wildman–Crippen LogP) is 5.12. The van der Waals surface area contributed by atoms with E-state index in [0.29, 0.717) is 48.0 Å². The minimum Gasteiger partial charge on any atom is -0.457 e. The van der Waals surface area contributed by atoms with Gasteiger partial charge in [0, 0.05) is 18.7 Å². The Morgan fingerprint density at radius 3 is 2.59 bits per heavy atom. The van der Waals surface area contributed by atoms with Crippen molar-refractivity contribution in [3.8, 4) is 28.8 Å². The number of nitrogen functional groups attached to an aromatic ring is 1. The van der Waals surface area contributed by atoms with Gasteiger partial charge in [-0.1, -0.05) is 18.2 Å². The molecule has 10 nitrogen and oxygen atoms in total. The Morgan fingerprint density at radius 1 is 1.15 bits per heavy atom. The second-order valence-corrected chi connectivity index (χ2v) is 10.4. The first-order valence-electron chi connectivity index (χ1n) is 13.7. The van der Waals surface area contributed by atoms with E-state index in [2.05, 4.69) is 16.0 Å². The molecule has 1 aliphatic rings. The van der Waals surface area contributed by atoms with E-state index >= 15 is 0 Å². The van der Waals surface area contributed by atoms with Crippen LogP contribution >= 0.6 is 0 Å². The fourth-order valence-corrected chi connectivity index (χ4v) is 5.22. The quantitative estimate of drug-likeness (QED) is 0.224. The average Bonchev–Trinajstić information content (AvgIpc) is 3.58. The van der Waals surface area contributed by atoms with Crippen LogP contribution in [-0.2, 0) is 16.1 Å². The summed E-state index contributed by atoms with van der Waals surface area (Å²) in [5.74, 6) is 1.47. The Labute approximate surface area is 239 Å². The summed E-state index contributed by atoms with van der Waals surface area (Å²) in [6, 6.07) is 19.1. The number of nitrogens with zero attached hydrogens (tertiary/aromatic N) is 6. The van der Waals surface area contributed by atoms with Crippen LogP contribution in [0.25, 0.3) is 22.3 Å². The molecule has 2 N–H and O–H groups in total. The minimum absolute atomic E-state index is 0.0748. The Morgan fingerprint density at radius 2 is 1.88 bits per heavy atom. The van der Waals surface area contributed by atoms with Crippen molar-refractivity contribution in [2.24, 2.45) is 0 Å². The molecule has 0 radical (unpaired) electrons. The average molecular weight is 552 g/mol. The van der Waals surface area contributed by atoms with E-state index in [-0.39, 0.29) is 17.5 Å². The number of fused-ring (bicyclic) bond motifs is 1. The molecule has 1 atom stereocenters. The number of para-hydroxylation sites is 1. The van der Waals surface area contributed by atoms with Crippen LogP contribution in [0.15, 0.2) is 72.6 Å². The lowest BCUT2D eigenvalue weighted by molar-refractivity contribution is -0.127. The lowest BCUT2D eigenvalue weighted by Crippen LogP contribution is -2.39. The number of nitrogens with two attached hydrogens (primary N) is 1. The zero-order chi connectivity index (χ0) is 29.0. The molecule has 41 heavy (non-hydrogen) atoms. The molecule has 10 heteroatoms. The summed E-state index contributed by atoms with van der Waals surface area (Å²) in [7, 11) is 0. The van der Waals surface area contributed by atoms with Crippen molar-refractivity contribution < 1.29 is 14.3 Å². The molecule has 0 spiro atoms. The van der Waals surface area contributed by atoms with Crippen LogP contribution in [0, 0.1) is 11.3 Å². The van der Waals surface area contributed by atoms with Crippen LogP contribution < -0.4 is 10.5 Å². The lowest BCUT2D eigenvalue weighted by atomic mass is 10.0. The highest BCUT2D eigenvalue weighted by atomic mass is 16.5. The Kier molecular flexibility index (Phi) is 7.99. The van der Waals surface area contributed by atoms with Gasteiger partial charge in [0.1, 0.15) is 41.0 Å². The van der Waals surface area contributed by atoms with Gasteiger partial charge < -0.3 is 20.1 Å². The van der Waals surface area contributed by atoms with Crippen LogP contribution in [0.4, 0.5) is 5.82 Å². The fraction of sp³-hybridized carbons (Fsp3) is 0.323. The van der Waals surface area contributed by atoms with Gasteiger partial charge in [0.2, 0.25) is 0 Å². The standard InChI is InChI=1S/C31H33N7O3/c1-4-40-31(2,3)17-22(18-32)30(39)37-16-8-9-23(37)19-38-29-26(28(33)34-20-35-29)27(36-38)21-12-14-25(15-13-21)41-24-10-6-5-7-11-24/h5-7,10-15,17,20,23H,4,8-9,16,19H2,1-3H3,(H2,33,34,35)/b22-17+/t23-/m0/s1. The van der Waals surface area contributed by atoms with Gasteiger partial charge in [0.25, 0.3) is 5.91 Å². The van der Waals surface area contributed by atoms with Crippen molar-refractivity contribution in [3.05, 3.63) is 72.6 Å². The highest BCUT2D eigenvalue weighted by molar-refractivity contribution is 5.99. The molecule has 2 aromatic carbocycles. The maximum Gasteiger partial charge on any atom is 0.264 e. The van der Waals surface area contributed by atoms with Crippen molar-refractivity contribution in [2.75, 3.05) is 18.9 Å². The van der Waals surface area contributed by atoms with Crippen molar-refractivity contribution in [1.29, 1.82) is 5.26 Å². The second-order valence-electron chi connectivity index (χ2n) is 10.4. The van der Waals surface area contributed by atoms with Gasteiger partial charge in [-0.25, -0.2) is 14.6 Å². The predicted molar refractivity (Wildman–Crippen MR) is 156 cm³/mol. The zero-order valence-corrected chi connectivity index (χ0v) is 23.4. The number of hydrogen-bond donors (Lipinski definition) is 1. The third-order valence-corrected chi connectivity index (χ3v) is 7.05.